The molecular formula is C20H23N3O3. The predicted octanol–water partition coefficient (Wildman–Crippen LogP) is 2.75. The number of carbonyl (C=O) groups excluding carboxylic acids is 1. The zero-order chi connectivity index (χ0) is 18.5. The molecule has 136 valence electrons. The van der Waals surface area contributed by atoms with Crippen LogP contribution < -0.4 is 5.32 Å². The van der Waals surface area contributed by atoms with Gasteiger partial charge in [-0.1, -0.05) is 18.2 Å². The molecule has 1 aromatic carbocycles. The third kappa shape index (κ3) is 4.46. The Bertz CT molecular complexity index is 772. The van der Waals surface area contributed by atoms with Gasteiger partial charge in [0.15, 0.2) is 0 Å². The van der Waals surface area contributed by atoms with Crippen molar-refractivity contribution in [2.75, 3.05) is 6.54 Å². The fraction of sp³-hybridized carbons (Fsp3) is 0.350. The van der Waals surface area contributed by atoms with Crippen molar-refractivity contribution in [1.82, 2.24) is 15.2 Å². The van der Waals surface area contributed by atoms with Crippen LogP contribution in [0.2, 0.25) is 0 Å². The van der Waals surface area contributed by atoms with E-state index in [0.29, 0.717) is 12.1 Å². The van der Waals surface area contributed by atoms with Crippen molar-refractivity contribution in [2.45, 2.75) is 38.9 Å². The van der Waals surface area contributed by atoms with Gasteiger partial charge in [0.25, 0.3) is 0 Å². The van der Waals surface area contributed by atoms with Crippen LogP contribution in [0, 0.1) is 0 Å². The smallest absolute Gasteiger partial charge is 0.335 e. The van der Waals surface area contributed by atoms with E-state index in [2.05, 4.69) is 15.2 Å². The summed E-state index contributed by atoms with van der Waals surface area (Å²) < 4.78 is 0. The molecule has 2 aromatic rings. The van der Waals surface area contributed by atoms with Gasteiger partial charge in [0.2, 0.25) is 5.91 Å². The van der Waals surface area contributed by atoms with Crippen LogP contribution >= 0.6 is 0 Å². The number of rotatable bonds is 6. The van der Waals surface area contributed by atoms with E-state index in [1.54, 1.807) is 12.1 Å². The average molecular weight is 353 g/mol. The van der Waals surface area contributed by atoms with Crippen LogP contribution in [-0.2, 0) is 17.9 Å². The third-order valence-electron chi connectivity index (χ3n) is 4.68. The molecular weight excluding hydrogens is 330 g/mol. The summed E-state index contributed by atoms with van der Waals surface area (Å²) in [5.41, 5.74) is 3.43. The molecule has 0 spiro atoms. The van der Waals surface area contributed by atoms with Crippen molar-refractivity contribution >= 4 is 11.9 Å². The number of hydrogen-bond acceptors (Lipinski definition) is 4. The van der Waals surface area contributed by atoms with E-state index >= 15 is 0 Å². The Labute approximate surface area is 152 Å². The van der Waals surface area contributed by atoms with Crippen molar-refractivity contribution in [3.05, 3.63) is 65.0 Å². The second-order valence-corrected chi connectivity index (χ2v) is 6.63. The standard InChI is InChI=1S/C20H23N3O3/c1-14(24)21-11-16-6-9-18(22-12-16)19-3-2-10-23(19)13-15-4-7-17(8-5-15)20(25)26/h4-9,12,19H,2-3,10-11,13H2,1H3,(H,21,24)(H,25,26). The molecule has 0 bridgehead atoms. The summed E-state index contributed by atoms with van der Waals surface area (Å²) in [6.07, 6.45) is 4.00. The Kier molecular flexibility index (Phi) is 5.63. The first-order chi connectivity index (χ1) is 12.5. The van der Waals surface area contributed by atoms with Gasteiger partial charge in [-0.2, -0.15) is 0 Å². The van der Waals surface area contributed by atoms with Gasteiger partial charge in [0.05, 0.1) is 17.3 Å². The Morgan fingerprint density at radius 2 is 1.92 bits per heavy atom. The molecule has 6 heteroatoms. The maximum atomic E-state index is 11.0. The molecule has 1 aliphatic heterocycles. The van der Waals surface area contributed by atoms with Gasteiger partial charge in [-0.3, -0.25) is 14.7 Å². The fourth-order valence-electron chi connectivity index (χ4n) is 3.30. The molecule has 1 unspecified atom stereocenters. The minimum atomic E-state index is -0.904. The number of amides is 1. The number of carboxylic acid groups (broad SMARTS) is 1. The van der Waals surface area contributed by atoms with Crippen LogP contribution in [0.1, 0.15) is 53.0 Å². The highest BCUT2D eigenvalue weighted by Gasteiger charge is 2.27. The van der Waals surface area contributed by atoms with Gasteiger partial charge in [-0.15, -0.1) is 0 Å². The normalized spacial score (nSPS) is 17.2. The zero-order valence-corrected chi connectivity index (χ0v) is 14.8. The van der Waals surface area contributed by atoms with E-state index in [4.69, 9.17) is 5.11 Å². The van der Waals surface area contributed by atoms with Crippen LogP contribution in [0.25, 0.3) is 0 Å². The number of likely N-dealkylation sites (tertiary alicyclic amines) is 1. The summed E-state index contributed by atoms with van der Waals surface area (Å²) in [6, 6.07) is 11.4. The number of pyridine rings is 1. The van der Waals surface area contributed by atoms with E-state index in [9.17, 15) is 9.59 Å². The van der Waals surface area contributed by atoms with Gasteiger partial charge in [-0.05, 0) is 48.7 Å². The number of nitrogens with zero attached hydrogens (tertiary/aromatic N) is 2. The van der Waals surface area contributed by atoms with Gasteiger partial charge >= 0.3 is 5.97 Å². The number of carbonyl (C=O) groups is 2. The first kappa shape index (κ1) is 18.1. The molecule has 1 fully saturated rings. The predicted molar refractivity (Wildman–Crippen MR) is 97.5 cm³/mol. The molecule has 2 heterocycles. The lowest BCUT2D eigenvalue weighted by molar-refractivity contribution is -0.119. The number of benzene rings is 1. The van der Waals surface area contributed by atoms with Crippen LogP contribution in [-0.4, -0.2) is 33.4 Å². The van der Waals surface area contributed by atoms with Gasteiger partial charge in [0.1, 0.15) is 0 Å². The summed E-state index contributed by atoms with van der Waals surface area (Å²) in [5, 5.41) is 11.8. The number of hydrogen-bond donors (Lipinski definition) is 2. The number of aromatic carboxylic acids is 1. The molecule has 0 saturated carbocycles. The van der Waals surface area contributed by atoms with E-state index in [0.717, 1.165) is 42.8 Å². The minimum Gasteiger partial charge on any atom is -0.478 e. The zero-order valence-electron chi connectivity index (χ0n) is 14.8. The van der Waals surface area contributed by atoms with Gasteiger partial charge in [0, 0.05) is 26.2 Å². The van der Waals surface area contributed by atoms with Crippen LogP contribution in [0.15, 0.2) is 42.6 Å². The van der Waals surface area contributed by atoms with Crippen LogP contribution in [0.4, 0.5) is 0 Å². The van der Waals surface area contributed by atoms with Gasteiger partial charge in [-0.25, -0.2) is 4.79 Å². The number of nitrogens with one attached hydrogen (secondary N) is 1. The molecule has 2 N–H and O–H groups in total. The molecule has 1 aliphatic rings. The summed E-state index contributed by atoms with van der Waals surface area (Å²) in [6.45, 7) is 3.77. The van der Waals surface area contributed by atoms with E-state index in [1.165, 1.54) is 6.92 Å². The number of aromatic nitrogens is 1. The first-order valence-electron chi connectivity index (χ1n) is 8.78. The molecule has 1 aromatic heterocycles. The van der Waals surface area contributed by atoms with E-state index in [-0.39, 0.29) is 11.9 Å². The second-order valence-electron chi connectivity index (χ2n) is 6.63. The van der Waals surface area contributed by atoms with Crippen LogP contribution in [0.5, 0.6) is 0 Å². The Hall–Kier alpha value is -2.73. The second kappa shape index (κ2) is 8.10. The molecule has 0 radical (unpaired) electrons. The summed E-state index contributed by atoms with van der Waals surface area (Å²) in [4.78, 5) is 28.9. The minimum absolute atomic E-state index is 0.0510. The van der Waals surface area contributed by atoms with Gasteiger partial charge < -0.3 is 10.4 Å². The maximum Gasteiger partial charge on any atom is 0.335 e. The third-order valence-corrected chi connectivity index (χ3v) is 4.68. The molecule has 1 saturated heterocycles. The summed E-state index contributed by atoms with van der Waals surface area (Å²) >= 11 is 0. The molecule has 1 amide bonds. The van der Waals surface area contributed by atoms with Crippen molar-refractivity contribution in [1.29, 1.82) is 0 Å². The highest BCUT2D eigenvalue weighted by Crippen LogP contribution is 2.32. The molecule has 3 rings (SSSR count). The van der Waals surface area contributed by atoms with Crippen molar-refractivity contribution in [2.24, 2.45) is 0 Å². The Morgan fingerprint density at radius 3 is 2.54 bits per heavy atom. The average Bonchev–Trinajstić information content (AvgIpc) is 3.09. The van der Waals surface area contributed by atoms with Crippen molar-refractivity contribution < 1.29 is 14.7 Å². The lowest BCUT2D eigenvalue weighted by Crippen LogP contribution is -2.23. The largest absolute Gasteiger partial charge is 0.478 e. The maximum absolute atomic E-state index is 11.0. The Morgan fingerprint density at radius 1 is 1.19 bits per heavy atom. The molecule has 26 heavy (non-hydrogen) atoms. The quantitative estimate of drug-likeness (QED) is 0.834. The highest BCUT2D eigenvalue weighted by atomic mass is 16.4. The topological polar surface area (TPSA) is 82.5 Å². The fourth-order valence-corrected chi connectivity index (χ4v) is 3.30. The molecule has 6 nitrogen and oxygen atoms in total. The summed E-state index contributed by atoms with van der Waals surface area (Å²) in [7, 11) is 0. The summed E-state index contributed by atoms with van der Waals surface area (Å²) in [5.74, 6) is -0.955. The molecule has 1 atom stereocenters. The van der Waals surface area contributed by atoms with E-state index < -0.39 is 5.97 Å². The first-order valence-corrected chi connectivity index (χ1v) is 8.78. The van der Waals surface area contributed by atoms with Crippen LogP contribution in [0.3, 0.4) is 0 Å². The van der Waals surface area contributed by atoms with Crippen molar-refractivity contribution in [3.63, 3.8) is 0 Å². The van der Waals surface area contributed by atoms with Crippen molar-refractivity contribution in [3.8, 4) is 0 Å². The highest BCUT2D eigenvalue weighted by molar-refractivity contribution is 5.87. The molecule has 0 aliphatic carbocycles. The Balaban J connectivity index is 1.65. The monoisotopic (exact) mass is 353 g/mol. The lowest BCUT2D eigenvalue weighted by Gasteiger charge is -2.24. The lowest BCUT2D eigenvalue weighted by atomic mass is 10.1. The SMILES string of the molecule is CC(=O)NCc1ccc(C2CCCN2Cc2ccc(C(=O)O)cc2)nc1. The number of carboxylic acids is 1. The van der Waals surface area contributed by atoms with E-state index in [1.807, 2.05) is 30.5 Å².